The van der Waals surface area contributed by atoms with E-state index in [2.05, 4.69) is 10.3 Å². The molecule has 0 fully saturated rings. The average molecular weight is 467 g/mol. The van der Waals surface area contributed by atoms with Gasteiger partial charge in [0.05, 0.1) is 16.8 Å². The van der Waals surface area contributed by atoms with Crippen LogP contribution in [-0.4, -0.2) is 36.6 Å². The van der Waals surface area contributed by atoms with Gasteiger partial charge in [-0.15, -0.1) is 0 Å². The van der Waals surface area contributed by atoms with Crippen LogP contribution in [0, 0.1) is 5.82 Å². The van der Waals surface area contributed by atoms with Gasteiger partial charge in [-0.25, -0.2) is 22.7 Å². The molecule has 0 unspecified atom stereocenters. The molecule has 3 rings (SSSR count). The zero-order valence-electron chi connectivity index (χ0n) is 16.4. The fourth-order valence-corrected chi connectivity index (χ4v) is 3.84. The second kappa shape index (κ2) is 9.04. The van der Waals surface area contributed by atoms with Gasteiger partial charge >= 0.3 is 6.03 Å². The van der Waals surface area contributed by atoms with Gasteiger partial charge in [0.15, 0.2) is 0 Å². The molecular formula is C20H20ClFN4O4S. The molecule has 2 amide bonds. The number of hydrogen-bond acceptors (Lipinski definition) is 4. The number of aromatic nitrogens is 1. The second-order valence-corrected chi connectivity index (χ2v) is 9.06. The third-order valence-electron chi connectivity index (χ3n) is 4.81. The number of H-pyrrole nitrogens is 1. The molecule has 0 aliphatic carbocycles. The van der Waals surface area contributed by atoms with Gasteiger partial charge in [0, 0.05) is 23.8 Å². The smallest absolute Gasteiger partial charge is 0.322 e. The van der Waals surface area contributed by atoms with E-state index in [1.807, 2.05) is 0 Å². The molecule has 1 heterocycles. The maximum Gasteiger partial charge on any atom is 0.322 e. The van der Waals surface area contributed by atoms with Gasteiger partial charge in [0.1, 0.15) is 5.82 Å². The van der Waals surface area contributed by atoms with Crippen LogP contribution < -0.4 is 16.0 Å². The molecule has 164 valence electrons. The van der Waals surface area contributed by atoms with E-state index in [0.29, 0.717) is 16.3 Å². The maximum absolute atomic E-state index is 13.4. The number of nitrogens with two attached hydrogens (primary N) is 1. The lowest BCUT2D eigenvalue weighted by Gasteiger charge is -2.30. The summed E-state index contributed by atoms with van der Waals surface area (Å²) in [6, 6.07) is 9.26. The van der Waals surface area contributed by atoms with E-state index in [0.717, 1.165) is 6.07 Å². The van der Waals surface area contributed by atoms with Crippen molar-refractivity contribution in [1.82, 2.24) is 9.88 Å². The third kappa shape index (κ3) is 5.40. The molecule has 0 saturated carbocycles. The van der Waals surface area contributed by atoms with Crippen molar-refractivity contribution in [1.29, 1.82) is 0 Å². The largest absolute Gasteiger partial charge is 0.328 e. The lowest BCUT2D eigenvalue weighted by Crippen LogP contribution is -2.41. The number of carbonyl (C=O) groups is 1. The highest BCUT2D eigenvalue weighted by molar-refractivity contribution is 7.89. The summed E-state index contributed by atoms with van der Waals surface area (Å²) >= 11 is 5.77. The van der Waals surface area contributed by atoms with Crippen LogP contribution in [0.2, 0.25) is 5.02 Å². The highest BCUT2D eigenvalue weighted by Gasteiger charge is 2.25. The van der Waals surface area contributed by atoms with Gasteiger partial charge in [0.25, 0.3) is 5.56 Å². The topological polar surface area (TPSA) is 125 Å². The van der Waals surface area contributed by atoms with E-state index in [1.54, 1.807) is 31.2 Å². The summed E-state index contributed by atoms with van der Waals surface area (Å²) < 4.78 is 36.5. The molecule has 4 N–H and O–H groups in total. The van der Waals surface area contributed by atoms with Crippen molar-refractivity contribution in [2.24, 2.45) is 5.14 Å². The number of sulfonamides is 1. The Hall–Kier alpha value is -2.95. The molecule has 11 heteroatoms. The molecule has 0 radical (unpaired) electrons. The first-order valence-electron chi connectivity index (χ1n) is 9.20. The van der Waals surface area contributed by atoms with Gasteiger partial charge < -0.3 is 15.2 Å². The number of urea groups is 1. The molecule has 1 atom stereocenters. The number of primary sulfonamides is 1. The Balaban J connectivity index is 1.98. The number of benzene rings is 2. The minimum Gasteiger partial charge on any atom is -0.328 e. The number of nitrogens with one attached hydrogen (secondary N) is 2. The highest BCUT2D eigenvalue weighted by atomic mass is 35.5. The number of aromatic amines is 1. The summed E-state index contributed by atoms with van der Waals surface area (Å²) in [4.78, 5) is 29.0. The fourth-order valence-electron chi connectivity index (χ4n) is 3.21. The Morgan fingerprint density at radius 3 is 2.58 bits per heavy atom. The number of anilines is 1. The summed E-state index contributed by atoms with van der Waals surface area (Å²) in [7, 11) is -3.85. The summed E-state index contributed by atoms with van der Waals surface area (Å²) in [5, 5.41) is 8.60. The Morgan fingerprint density at radius 2 is 1.94 bits per heavy atom. The van der Waals surface area contributed by atoms with E-state index in [9.17, 15) is 22.4 Å². The predicted octanol–water partition coefficient (Wildman–Crippen LogP) is 3.20. The first-order valence-corrected chi connectivity index (χ1v) is 11.3. The van der Waals surface area contributed by atoms with Crippen molar-refractivity contribution >= 4 is 44.1 Å². The highest BCUT2D eigenvalue weighted by Crippen LogP contribution is 2.27. The lowest BCUT2D eigenvalue weighted by molar-refractivity contribution is 0.197. The third-order valence-corrected chi connectivity index (χ3v) is 5.85. The first kappa shape index (κ1) is 22.7. The number of hydrogen-bond donors (Lipinski definition) is 3. The fraction of sp³-hybridized carbons (Fsp3) is 0.200. The van der Waals surface area contributed by atoms with Crippen LogP contribution in [0.5, 0.6) is 0 Å². The molecule has 8 nitrogen and oxygen atoms in total. The standard InChI is InChI=1S/C20H20ClFN4O4S/c1-12(16-11-24-19(27)15-5-3-2-4-14(15)16)26(8-9-31(23,29)30)20(28)25-13-6-7-18(22)17(21)10-13/h2-7,10-12H,8-9H2,1H3,(H,24,27)(H,25,28)(H2,23,29,30)/t12-/m0/s1. The maximum atomic E-state index is 13.4. The van der Waals surface area contributed by atoms with E-state index in [1.165, 1.54) is 23.2 Å². The number of pyridine rings is 1. The quantitative estimate of drug-likeness (QED) is 0.515. The van der Waals surface area contributed by atoms with Gasteiger partial charge in [-0.2, -0.15) is 0 Å². The molecule has 1 aromatic heterocycles. The van der Waals surface area contributed by atoms with Crippen molar-refractivity contribution in [3.05, 3.63) is 75.4 Å². The molecule has 3 aromatic rings. The molecule has 0 saturated heterocycles. The molecule has 31 heavy (non-hydrogen) atoms. The van der Waals surface area contributed by atoms with Crippen molar-refractivity contribution in [2.75, 3.05) is 17.6 Å². The average Bonchev–Trinajstić information content (AvgIpc) is 2.70. The number of halogens is 2. The zero-order chi connectivity index (χ0) is 22.8. The Morgan fingerprint density at radius 1 is 1.26 bits per heavy atom. The zero-order valence-corrected chi connectivity index (χ0v) is 18.0. The Bertz CT molecular complexity index is 1300. The van der Waals surface area contributed by atoms with Crippen LogP contribution in [-0.2, 0) is 10.0 Å². The summed E-state index contributed by atoms with van der Waals surface area (Å²) in [6.07, 6.45) is 1.49. The number of fused-ring (bicyclic) bond motifs is 1. The number of rotatable bonds is 6. The van der Waals surface area contributed by atoms with Crippen LogP contribution >= 0.6 is 11.6 Å². The van der Waals surface area contributed by atoms with E-state index >= 15 is 0 Å². The van der Waals surface area contributed by atoms with Crippen LogP contribution in [0.15, 0.2) is 53.5 Å². The predicted molar refractivity (Wildman–Crippen MR) is 118 cm³/mol. The minimum absolute atomic E-state index is 0.173. The van der Waals surface area contributed by atoms with Crippen LogP contribution in [0.1, 0.15) is 18.5 Å². The van der Waals surface area contributed by atoms with Crippen molar-refractivity contribution in [3.8, 4) is 0 Å². The number of carbonyl (C=O) groups excluding carboxylic acids is 1. The van der Waals surface area contributed by atoms with Crippen LogP contribution in [0.25, 0.3) is 10.8 Å². The van der Waals surface area contributed by atoms with Crippen LogP contribution in [0.3, 0.4) is 0 Å². The number of nitrogens with zero attached hydrogens (tertiary/aromatic N) is 1. The molecule has 0 spiro atoms. The minimum atomic E-state index is -3.85. The van der Waals surface area contributed by atoms with E-state index in [-0.39, 0.29) is 22.8 Å². The first-order chi connectivity index (χ1) is 14.6. The van der Waals surface area contributed by atoms with Crippen molar-refractivity contribution in [2.45, 2.75) is 13.0 Å². The van der Waals surface area contributed by atoms with Crippen LogP contribution in [0.4, 0.5) is 14.9 Å². The summed E-state index contributed by atoms with van der Waals surface area (Å²) in [5.74, 6) is -1.12. The van der Waals surface area contributed by atoms with Gasteiger partial charge in [-0.1, -0.05) is 29.8 Å². The molecular weight excluding hydrogens is 447 g/mol. The lowest BCUT2D eigenvalue weighted by atomic mass is 10.0. The SMILES string of the molecule is C[C@@H](c1c[nH]c(=O)c2ccccc12)N(CCS(N)(=O)=O)C(=O)Nc1ccc(F)c(Cl)c1. The summed E-state index contributed by atoms with van der Waals surface area (Å²) in [5.41, 5.74) is 0.556. The molecule has 0 bridgehead atoms. The normalized spacial score (nSPS) is 12.5. The second-order valence-electron chi connectivity index (χ2n) is 6.91. The van der Waals surface area contributed by atoms with Gasteiger partial charge in [-0.05, 0) is 42.1 Å². The van der Waals surface area contributed by atoms with Gasteiger partial charge in [-0.3, -0.25) is 4.79 Å². The van der Waals surface area contributed by atoms with E-state index < -0.39 is 33.7 Å². The monoisotopic (exact) mass is 466 g/mol. The Labute approximate surface area is 182 Å². The van der Waals surface area contributed by atoms with Crippen molar-refractivity contribution < 1.29 is 17.6 Å². The summed E-state index contributed by atoms with van der Waals surface area (Å²) in [6.45, 7) is 1.48. The molecule has 2 aromatic carbocycles. The van der Waals surface area contributed by atoms with E-state index in [4.69, 9.17) is 16.7 Å². The van der Waals surface area contributed by atoms with Gasteiger partial charge in [0.2, 0.25) is 10.0 Å². The number of amides is 2. The molecule has 0 aliphatic heterocycles. The van der Waals surface area contributed by atoms with Crippen molar-refractivity contribution in [3.63, 3.8) is 0 Å². The molecule has 0 aliphatic rings. The Kier molecular flexibility index (Phi) is 6.63.